The van der Waals surface area contributed by atoms with E-state index < -0.39 is 0 Å². The van der Waals surface area contributed by atoms with Crippen molar-refractivity contribution in [1.82, 2.24) is 25.4 Å². The number of aromatic nitrogens is 4. The number of nitrogens with zero attached hydrogens (tertiary/aromatic N) is 3. The maximum absolute atomic E-state index is 5.32. The van der Waals surface area contributed by atoms with Crippen molar-refractivity contribution in [3.05, 3.63) is 29.4 Å². The van der Waals surface area contributed by atoms with Crippen molar-refractivity contribution in [3.63, 3.8) is 0 Å². The minimum atomic E-state index is 0.0551. The van der Waals surface area contributed by atoms with E-state index in [1.54, 1.807) is 13.4 Å². The van der Waals surface area contributed by atoms with Gasteiger partial charge in [-0.1, -0.05) is 5.16 Å². The van der Waals surface area contributed by atoms with Crippen LogP contribution < -0.4 is 5.32 Å². The number of aromatic amines is 1. The van der Waals surface area contributed by atoms with Gasteiger partial charge in [0, 0.05) is 33.1 Å². The topological polar surface area (TPSA) is 88.9 Å². The van der Waals surface area contributed by atoms with E-state index in [0.29, 0.717) is 12.5 Å². The molecule has 0 bridgehead atoms. The summed E-state index contributed by atoms with van der Waals surface area (Å²) in [7, 11) is 1.69. The van der Waals surface area contributed by atoms with Gasteiger partial charge in [-0.2, -0.15) is 4.98 Å². The summed E-state index contributed by atoms with van der Waals surface area (Å²) >= 11 is 0. The number of hydrogen-bond acceptors (Lipinski definition) is 6. The molecule has 3 rings (SSSR count). The fraction of sp³-hybridized carbons (Fsp3) is 0.583. The molecule has 19 heavy (non-hydrogen) atoms. The Morgan fingerprint density at radius 1 is 1.53 bits per heavy atom. The molecular weight excluding hydrogens is 246 g/mol. The highest BCUT2D eigenvalue weighted by molar-refractivity contribution is 5.17. The van der Waals surface area contributed by atoms with Crippen molar-refractivity contribution < 1.29 is 9.26 Å². The molecule has 0 saturated carbocycles. The standard InChI is InChI=1S/C12H17N5O2/c1-18-4-2-3-11-16-12(19-17-11)9-5-8-10(6-13-9)15-7-14-8/h7,9,13H,2-6H2,1H3,(H,14,15). The normalized spacial score (nSPS) is 18.5. The third-order valence-electron chi connectivity index (χ3n) is 3.26. The Bertz CT molecular complexity index is 536. The molecule has 1 aliphatic rings. The zero-order valence-electron chi connectivity index (χ0n) is 10.8. The Balaban J connectivity index is 1.64. The zero-order chi connectivity index (χ0) is 13.1. The molecule has 0 spiro atoms. The van der Waals surface area contributed by atoms with E-state index in [-0.39, 0.29) is 6.04 Å². The Kier molecular flexibility index (Phi) is 3.56. The predicted molar refractivity (Wildman–Crippen MR) is 66.4 cm³/mol. The Labute approximate surface area is 110 Å². The molecular formula is C12H17N5O2. The molecule has 2 N–H and O–H groups in total. The van der Waals surface area contributed by atoms with E-state index in [4.69, 9.17) is 9.26 Å². The highest BCUT2D eigenvalue weighted by Crippen LogP contribution is 2.22. The van der Waals surface area contributed by atoms with Crippen LogP contribution in [0.5, 0.6) is 0 Å². The third kappa shape index (κ3) is 2.66. The fourth-order valence-electron chi connectivity index (χ4n) is 2.23. The summed E-state index contributed by atoms with van der Waals surface area (Å²) < 4.78 is 10.3. The molecule has 0 aliphatic carbocycles. The van der Waals surface area contributed by atoms with Gasteiger partial charge in [0.15, 0.2) is 5.82 Å². The number of rotatable bonds is 5. The Hall–Kier alpha value is -1.73. The van der Waals surface area contributed by atoms with E-state index in [1.807, 2.05) is 0 Å². The number of ether oxygens (including phenoxy) is 1. The van der Waals surface area contributed by atoms with E-state index in [1.165, 1.54) is 0 Å². The van der Waals surface area contributed by atoms with E-state index in [9.17, 15) is 0 Å². The number of methoxy groups -OCH3 is 1. The highest BCUT2D eigenvalue weighted by Gasteiger charge is 2.25. The van der Waals surface area contributed by atoms with Gasteiger partial charge in [0.1, 0.15) is 0 Å². The summed E-state index contributed by atoms with van der Waals surface area (Å²) in [5.74, 6) is 1.38. The highest BCUT2D eigenvalue weighted by atomic mass is 16.5. The number of hydrogen-bond donors (Lipinski definition) is 2. The van der Waals surface area contributed by atoms with Crippen molar-refractivity contribution in [2.45, 2.75) is 31.8 Å². The minimum Gasteiger partial charge on any atom is -0.385 e. The molecule has 7 heteroatoms. The van der Waals surface area contributed by atoms with E-state index >= 15 is 0 Å². The van der Waals surface area contributed by atoms with Gasteiger partial charge in [0.2, 0.25) is 5.89 Å². The molecule has 0 saturated heterocycles. The summed E-state index contributed by atoms with van der Waals surface area (Å²) in [5.41, 5.74) is 2.21. The van der Waals surface area contributed by atoms with Crippen LogP contribution in [0.1, 0.15) is 35.6 Å². The zero-order valence-corrected chi connectivity index (χ0v) is 10.8. The number of fused-ring (bicyclic) bond motifs is 1. The first-order chi connectivity index (χ1) is 9.36. The van der Waals surface area contributed by atoms with Crippen LogP contribution in [0.15, 0.2) is 10.9 Å². The molecule has 2 aromatic rings. The second-order valence-electron chi connectivity index (χ2n) is 4.61. The van der Waals surface area contributed by atoms with Gasteiger partial charge in [0.25, 0.3) is 0 Å². The van der Waals surface area contributed by atoms with Gasteiger partial charge < -0.3 is 14.2 Å². The van der Waals surface area contributed by atoms with Crippen molar-refractivity contribution in [2.75, 3.05) is 13.7 Å². The van der Waals surface area contributed by atoms with Crippen LogP contribution in [-0.4, -0.2) is 33.8 Å². The van der Waals surface area contributed by atoms with Gasteiger partial charge in [-0.25, -0.2) is 4.98 Å². The van der Waals surface area contributed by atoms with Crippen molar-refractivity contribution >= 4 is 0 Å². The molecule has 102 valence electrons. The van der Waals surface area contributed by atoms with Gasteiger partial charge in [-0.15, -0.1) is 0 Å². The molecule has 1 unspecified atom stereocenters. The van der Waals surface area contributed by atoms with Crippen molar-refractivity contribution in [3.8, 4) is 0 Å². The molecule has 1 aliphatic heterocycles. The quantitative estimate of drug-likeness (QED) is 0.774. The largest absolute Gasteiger partial charge is 0.385 e. The number of nitrogens with one attached hydrogen (secondary N) is 2. The van der Waals surface area contributed by atoms with Crippen LogP contribution in [0, 0.1) is 0 Å². The van der Waals surface area contributed by atoms with Crippen LogP contribution in [-0.2, 0) is 24.1 Å². The van der Waals surface area contributed by atoms with E-state index in [0.717, 1.165) is 43.0 Å². The van der Waals surface area contributed by atoms with Crippen LogP contribution in [0.4, 0.5) is 0 Å². The molecule has 0 fully saturated rings. The lowest BCUT2D eigenvalue weighted by atomic mass is 10.1. The monoisotopic (exact) mass is 263 g/mol. The molecule has 0 aromatic carbocycles. The summed E-state index contributed by atoms with van der Waals surface area (Å²) in [4.78, 5) is 11.8. The average molecular weight is 263 g/mol. The second-order valence-corrected chi connectivity index (χ2v) is 4.61. The third-order valence-corrected chi connectivity index (χ3v) is 3.26. The van der Waals surface area contributed by atoms with Crippen LogP contribution in [0.2, 0.25) is 0 Å². The fourth-order valence-corrected chi connectivity index (χ4v) is 2.23. The minimum absolute atomic E-state index is 0.0551. The van der Waals surface area contributed by atoms with Gasteiger partial charge in [0.05, 0.1) is 23.8 Å². The molecule has 0 radical (unpaired) electrons. The second kappa shape index (κ2) is 5.50. The summed E-state index contributed by atoms with van der Waals surface area (Å²) in [6.07, 6.45) is 4.17. The van der Waals surface area contributed by atoms with Crippen molar-refractivity contribution in [1.29, 1.82) is 0 Å². The maximum atomic E-state index is 5.32. The lowest BCUT2D eigenvalue weighted by molar-refractivity contribution is 0.194. The van der Waals surface area contributed by atoms with E-state index in [2.05, 4.69) is 25.4 Å². The van der Waals surface area contributed by atoms with Crippen LogP contribution in [0.3, 0.4) is 0 Å². The molecule has 2 aromatic heterocycles. The van der Waals surface area contributed by atoms with Crippen LogP contribution in [0.25, 0.3) is 0 Å². The molecule has 0 amide bonds. The summed E-state index contributed by atoms with van der Waals surface area (Å²) in [5, 5.41) is 7.36. The first kappa shape index (κ1) is 12.3. The van der Waals surface area contributed by atoms with Crippen LogP contribution >= 0.6 is 0 Å². The maximum Gasteiger partial charge on any atom is 0.244 e. The summed E-state index contributed by atoms with van der Waals surface area (Å²) in [6, 6.07) is 0.0551. The first-order valence-electron chi connectivity index (χ1n) is 6.42. The lowest BCUT2D eigenvalue weighted by Gasteiger charge is -2.19. The number of aryl methyl sites for hydroxylation is 1. The lowest BCUT2D eigenvalue weighted by Crippen LogP contribution is -2.28. The molecule has 3 heterocycles. The number of H-pyrrole nitrogens is 1. The first-order valence-corrected chi connectivity index (χ1v) is 6.42. The smallest absolute Gasteiger partial charge is 0.244 e. The predicted octanol–water partition coefficient (Wildman–Crippen LogP) is 0.759. The average Bonchev–Trinajstić information content (AvgIpc) is 3.06. The summed E-state index contributed by atoms with van der Waals surface area (Å²) in [6.45, 7) is 1.46. The number of imidazole rings is 1. The SMILES string of the molecule is COCCCc1noc(C2Cc3nc[nH]c3CN2)n1. The van der Waals surface area contributed by atoms with Crippen molar-refractivity contribution in [2.24, 2.45) is 0 Å². The van der Waals surface area contributed by atoms with Gasteiger partial charge >= 0.3 is 0 Å². The molecule has 7 nitrogen and oxygen atoms in total. The molecule has 1 atom stereocenters. The van der Waals surface area contributed by atoms with Gasteiger partial charge in [-0.3, -0.25) is 5.32 Å². The Morgan fingerprint density at radius 2 is 2.47 bits per heavy atom. The Morgan fingerprint density at radius 3 is 3.37 bits per heavy atom. The van der Waals surface area contributed by atoms with Gasteiger partial charge in [-0.05, 0) is 6.42 Å².